The van der Waals surface area contributed by atoms with E-state index in [9.17, 15) is 4.79 Å². The van der Waals surface area contributed by atoms with E-state index in [-0.39, 0.29) is 12.0 Å². The third-order valence-electron chi connectivity index (χ3n) is 2.21. The zero-order valence-electron chi connectivity index (χ0n) is 7.38. The van der Waals surface area contributed by atoms with Gasteiger partial charge in [-0.1, -0.05) is 12.8 Å². The number of ether oxygens (including phenoxy) is 1. The first-order chi connectivity index (χ1) is 5.74. The monoisotopic (exact) mass is 172 g/mol. The Labute approximate surface area is 72.4 Å². The van der Waals surface area contributed by atoms with Crippen LogP contribution in [0.5, 0.6) is 0 Å². The van der Waals surface area contributed by atoms with Gasteiger partial charge in [0.05, 0.1) is 6.10 Å². The van der Waals surface area contributed by atoms with Gasteiger partial charge in [0.25, 0.3) is 5.91 Å². The van der Waals surface area contributed by atoms with Crippen molar-refractivity contribution in [3.8, 4) is 0 Å². The van der Waals surface area contributed by atoms with E-state index in [1.54, 1.807) is 6.92 Å². The Morgan fingerprint density at radius 1 is 1.58 bits per heavy atom. The highest BCUT2D eigenvalue weighted by Crippen LogP contribution is 2.21. The molecule has 0 aliphatic heterocycles. The highest BCUT2D eigenvalue weighted by Gasteiger charge is 2.21. The average molecular weight is 172 g/mol. The van der Waals surface area contributed by atoms with E-state index in [1.165, 1.54) is 12.8 Å². The van der Waals surface area contributed by atoms with Gasteiger partial charge in [-0.15, -0.1) is 0 Å². The molecule has 0 aromatic carbocycles. The lowest BCUT2D eigenvalue weighted by Crippen LogP contribution is -2.40. The van der Waals surface area contributed by atoms with Crippen molar-refractivity contribution in [2.24, 2.45) is 5.84 Å². The molecule has 12 heavy (non-hydrogen) atoms. The fraction of sp³-hybridized carbons (Fsp3) is 0.875. The third kappa shape index (κ3) is 2.46. The second kappa shape index (κ2) is 4.42. The summed E-state index contributed by atoms with van der Waals surface area (Å²) in [6.07, 6.45) is 4.41. The first kappa shape index (κ1) is 9.48. The number of rotatable bonds is 3. The summed E-state index contributed by atoms with van der Waals surface area (Å²) in [5.41, 5.74) is 2.07. The van der Waals surface area contributed by atoms with E-state index < -0.39 is 6.10 Å². The fourth-order valence-electron chi connectivity index (χ4n) is 1.49. The highest BCUT2D eigenvalue weighted by atomic mass is 16.5. The maximum atomic E-state index is 10.9. The van der Waals surface area contributed by atoms with Gasteiger partial charge in [0.15, 0.2) is 0 Å². The van der Waals surface area contributed by atoms with Crippen LogP contribution >= 0.6 is 0 Å². The smallest absolute Gasteiger partial charge is 0.262 e. The van der Waals surface area contributed by atoms with Crippen LogP contribution in [0.1, 0.15) is 32.6 Å². The predicted octanol–water partition coefficient (Wildman–Crippen LogP) is 0.324. The molecule has 4 heteroatoms. The molecule has 3 N–H and O–H groups in total. The number of nitrogens with two attached hydrogens (primary N) is 1. The van der Waals surface area contributed by atoms with Gasteiger partial charge in [0, 0.05) is 0 Å². The second-order valence-corrected chi connectivity index (χ2v) is 3.19. The fourth-order valence-corrected chi connectivity index (χ4v) is 1.49. The molecule has 1 rings (SSSR count). The summed E-state index contributed by atoms with van der Waals surface area (Å²) in [7, 11) is 0. The quantitative estimate of drug-likeness (QED) is 0.366. The van der Waals surface area contributed by atoms with Crippen molar-refractivity contribution in [1.82, 2.24) is 5.43 Å². The number of carbonyl (C=O) groups is 1. The number of nitrogens with one attached hydrogen (secondary N) is 1. The molecule has 0 aromatic heterocycles. The van der Waals surface area contributed by atoms with Gasteiger partial charge >= 0.3 is 0 Å². The molecule has 0 radical (unpaired) electrons. The molecule has 1 atom stereocenters. The number of carbonyl (C=O) groups excluding carboxylic acids is 1. The van der Waals surface area contributed by atoms with Crippen LogP contribution in [0.3, 0.4) is 0 Å². The van der Waals surface area contributed by atoms with Crippen molar-refractivity contribution < 1.29 is 9.53 Å². The lowest BCUT2D eigenvalue weighted by atomic mass is 10.3. The Kier molecular flexibility index (Phi) is 3.49. The van der Waals surface area contributed by atoms with Gasteiger partial charge in [-0.25, -0.2) is 5.84 Å². The van der Waals surface area contributed by atoms with E-state index in [1.807, 2.05) is 0 Å². The van der Waals surface area contributed by atoms with Crippen LogP contribution in [-0.2, 0) is 9.53 Å². The Morgan fingerprint density at radius 3 is 2.67 bits per heavy atom. The highest BCUT2D eigenvalue weighted by molar-refractivity contribution is 5.79. The molecule has 1 amide bonds. The van der Waals surface area contributed by atoms with Gasteiger partial charge in [0.1, 0.15) is 6.10 Å². The van der Waals surface area contributed by atoms with Gasteiger partial charge in [0.2, 0.25) is 0 Å². The molecule has 1 saturated carbocycles. The molecule has 0 spiro atoms. The van der Waals surface area contributed by atoms with Gasteiger partial charge in [-0.05, 0) is 19.8 Å². The summed E-state index contributed by atoms with van der Waals surface area (Å²) in [4.78, 5) is 10.9. The first-order valence-corrected chi connectivity index (χ1v) is 4.40. The molecular formula is C8H16N2O2. The minimum atomic E-state index is -0.418. The van der Waals surface area contributed by atoms with E-state index in [2.05, 4.69) is 5.43 Å². The van der Waals surface area contributed by atoms with E-state index in [0.29, 0.717) is 0 Å². The van der Waals surface area contributed by atoms with Crippen molar-refractivity contribution in [1.29, 1.82) is 0 Å². The number of hydrogen-bond donors (Lipinski definition) is 2. The Hall–Kier alpha value is -0.610. The van der Waals surface area contributed by atoms with Crippen LogP contribution in [0.15, 0.2) is 0 Å². The molecule has 0 heterocycles. The van der Waals surface area contributed by atoms with Crippen LogP contribution in [0.2, 0.25) is 0 Å². The molecule has 1 unspecified atom stereocenters. The van der Waals surface area contributed by atoms with Crippen LogP contribution in [0.25, 0.3) is 0 Å². The molecule has 4 nitrogen and oxygen atoms in total. The Morgan fingerprint density at radius 2 is 2.17 bits per heavy atom. The summed E-state index contributed by atoms with van der Waals surface area (Å²) < 4.78 is 5.47. The SMILES string of the molecule is CC(OC1CCCC1)C(=O)NN. The van der Waals surface area contributed by atoms with E-state index in [4.69, 9.17) is 10.6 Å². The molecule has 1 fully saturated rings. The van der Waals surface area contributed by atoms with Crippen molar-refractivity contribution in [3.63, 3.8) is 0 Å². The van der Waals surface area contributed by atoms with Gasteiger partial charge in [-0.2, -0.15) is 0 Å². The summed E-state index contributed by atoms with van der Waals surface area (Å²) in [6.45, 7) is 1.72. The molecule has 0 saturated heterocycles. The molecule has 70 valence electrons. The third-order valence-corrected chi connectivity index (χ3v) is 2.21. The average Bonchev–Trinajstić information content (AvgIpc) is 2.55. The van der Waals surface area contributed by atoms with Crippen molar-refractivity contribution in [2.45, 2.75) is 44.8 Å². The topological polar surface area (TPSA) is 64.3 Å². The summed E-state index contributed by atoms with van der Waals surface area (Å²) in [5, 5.41) is 0. The largest absolute Gasteiger partial charge is 0.365 e. The Bertz CT molecular complexity index is 155. The number of amides is 1. The molecule has 0 bridgehead atoms. The van der Waals surface area contributed by atoms with Crippen molar-refractivity contribution in [2.75, 3.05) is 0 Å². The van der Waals surface area contributed by atoms with Crippen molar-refractivity contribution in [3.05, 3.63) is 0 Å². The summed E-state index contributed by atoms with van der Waals surface area (Å²) in [5.74, 6) is 4.72. The zero-order valence-corrected chi connectivity index (χ0v) is 7.38. The maximum Gasteiger partial charge on any atom is 0.262 e. The van der Waals surface area contributed by atoms with Gasteiger partial charge in [-0.3, -0.25) is 10.2 Å². The van der Waals surface area contributed by atoms with E-state index >= 15 is 0 Å². The minimum Gasteiger partial charge on any atom is -0.365 e. The maximum absolute atomic E-state index is 10.9. The lowest BCUT2D eigenvalue weighted by molar-refractivity contribution is -0.135. The van der Waals surface area contributed by atoms with Crippen LogP contribution in [0.4, 0.5) is 0 Å². The standard InChI is InChI=1S/C8H16N2O2/c1-6(8(11)10-9)12-7-4-2-3-5-7/h6-7H,2-5,9H2,1H3,(H,10,11). The van der Waals surface area contributed by atoms with Crippen molar-refractivity contribution >= 4 is 5.91 Å². The van der Waals surface area contributed by atoms with Crippen LogP contribution < -0.4 is 11.3 Å². The zero-order chi connectivity index (χ0) is 8.97. The molecule has 1 aliphatic rings. The predicted molar refractivity (Wildman–Crippen MR) is 45.1 cm³/mol. The molecule has 0 aromatic rings. The second-order valence-electron chi connectivity index (χ2n) is 3.19. The number of hydrazine groups is 1. The summed E-state index contributed by atoms with van der Waals surface area (Å²) in [6, 6.07) is 0. The van der Waals surface area contributed by atoms with Crippen LogP contribution in [-0.4, -0.2) is 18.1 Å². The van der Waals surface area contributed by atoms with Gasteiger partial charge < -0.3 is 4.74 Å². The molecular weight excluding hydrogens is 156 g/mol. The summed E-state index contributed by atoms with van der Waals surface area (Å²) >= 11 is 0. The Balaban J connectivity index is 2.24. The lowest BCUT2D eigenvalue weighted by Gasteiger charge is -2.16. The van der Waals surface area contributed by atoms with E-state index in [0.717, 1.165) is 12.8 Å². The number of hydrogen-bond acceptors (Lipinski definition) is 3. The van der Waals surface area contributed by atoms with Crippen LogP contribution in [0, 0.1) is 0 Å². The first-order valence-electron chi connectivity index (χ1n) is 4.40. The normalized spacial score (nSPS) is 20.8. The minimum absolute atomic E-state index is 0.248. The molecule has 1 aliphatic carbocycles.